The number of methoxy groups -OCH3 is 1. The maximum absolute atomic E-state index is 12.2. The van der Waals surface area contributed by atoms with Gasteiger partial charge in [-0.3, -0.25) is 30.6 Å². The Bertz CT molecular complexity index is 973. The van der Waals surface area contributed by atoms with Crippen molar-refractivity contribution in [3.05, 3.63) is 63.7 Å². The van der Waals surface area contributed by atoms with Crippen LogP contribution in [-0.4, -0.2) is 42.5 Å². The van der Waals surface area contributed by atoms with Crippen molar-refractivity contribution < 1.29 is 33.5 Å². The highest BCUT2D eigenvalue weighted by Crippen LogP contribution is 2.29. The van der Waals surface area contributed by atoms with Crippen LogP contribution in [0.25, 0.3) is 0 Å². The second-order valence-corrected chi connectivity index (χ2v) is 6.41. The van der Waals surface area contributed by atoms with Crippen LogP contribution in [0.4, 0.5) is 5.69 Å². The van der Waals surface area contributed by atoms with E-state index in [1.54, 1.807) is 6.07 Å². The molecule has 11 nitrogen and oxygen atoms in total. The van der Waals surface area contributed by atoms with Gasteiger partial charge in [0, 0.05) is 17.7 Å². The van der Waals surface area contributed by atoms with E-state index in [1.807, 2.05) is 13.8 Å². The first-order valence-corrected chi connectivity index (χ1v) is 9.06. The molecule has 2 rings (SSSR count). The van der Waals surface area contributed by atoms with Crippen LogP contribution in [0.1, 0.15) is 34.6 Å². The van der Waals surface area contributed by atoms with Crippen LogP contribution in [0.5, 0.6) is 11.5 Å². The lowest BCUT2D eigenvalue weighted by atomic mass is 10.2. The summed E-state index contributed by atoms with van der Waals surface area (Å²) in [5, 5.41) is 10.6. The summed E-state index contributed by atoms with van der Waals surface area (Å²) in [5.41, 5.74) is 4.27. The van der Waals surface area contributed by atoms with E-state index in [-0.39, 0.29) is 22.9 Å². The van der Waals surface area contributed by atoms with E-state index in [0.717, 1.165) is 12.1 Å². The minimum absolute atomic E-state index is 0.0865. The molecule has 2 N–H and O–H groups in total. The molecule has 0 heterocycles. The smallest absolute Gasteiger partial charge is 0.338 e. The number of benzene rings is 2. The topological polar surface area (TPSA) is 146 Å². The lowest BCUT2D eigenvalue weighted by molar-refractivity contribution is -0.384. The summed E-state index contributed by atoms with van der Waals surface area (Å²) in [4.78, 5) is 45.9. The zero-order valence-corrected chi connectivity index (χ0v) is 17.0. The van der Waals surface area contributed by atoms with E-state index in [2.05, 4.69) is 10.9 Å². The Balaban J connectivity index is 1.85. The molecule has 0 radical (unpaired) electrons. The molecule has 0 saturated carbocycles. The summed E-state index contributed by atoms with van der Waals surface area (Å²) in [6, 6.07) is 9.24. The molecule has 0 atom stereocenters. The number of amides is 2. The average molecular weight is 431 g/mol. The number of carbonyl (C=O) groups excluding carboxylic acids is 3. The van der Waals surface area contributed by atoms with Crippen molar-refractivity contribution in [2.24, 2.45) is 0 Å². The fourth-order valence-electron chi connectivity index (χ4n) is 2.33. The Morgan fingerprint density at radius 2 is 1.65 bits per heavy atom. The summed E-state index contributed by atoms with van der Waals surface area (Å²) < 4.78 is 15.7. The first kappa shape index (κ1) is 23.1. The van der Waals surface area contributed by atoms with E-state index in [4.69, 9.17) is 14.2 Å². The fourth-order valence-corrected chi connectivity index (χ4v) is 2.33. The second-order valence-electron chi connectivity index (χ2n) is 6.41. The Kier molecular flexibility index (Phi) is 7.89. The maximum atomic E-state index is 12.2. The number of nitrogens with zero attached hydrogens (tertiary/aromatic N) is 1. The highest BCUT2D eigenvalue weighted by Gasteiger charge is 2.15. The fraction of sp³-hybridized carbons (Fsp3) is 0.250. The van der Waals surface area contributed by atoms with Gasteiger partial charge in [0.25, 0.3) is 17.5 Å². The first-order chi connectivity index (χ1) is 14.7. The lowest BCUT2D eigenvalue weighted by Gasteiger charge is -2.14. The van der Waals surface area contributed by atoms with Crippen molar-refractivity contribution in [3.8, 4) is 11.5 Å². The van der Waals surface area contributed by atoms with Gasteiger partial charge in [0.15, 0.2) is 18.1 Å². The summed E-state index contributed by atoms with van der Waals surface area (Å²) in [6.45, 7) is 3.05. The number of nitro benzene ring substituents is 1. The van der Waals surface area contributed by atoms with Gasteiger partial charge < -0.3 is 14.2 Å². The molecule has 0 aromatic heterocycles. The molecule has 11 heteroatoms. The number of esters is 1. The van der Waals surface area contributed by atoms with Crippen LogP contribution in [-0.2, 0) is 9.53 Å². The number of nitro groups is 1. The van der Waals surface area contributed by atoms with Crippen molar-refractivity contribution in [1.82, 2.24) is 10.9 Å². The highest BCUT2D eigenvalue weighted by molar-refractivity contribution is 5.96. The largest absolute Gasteiger partial charge is 0.493 e. The van der Waals surface area contributed by atoms with Crippen LogP contribution < -0.4 is 20.3 Å². The van der Waals surface area contributed by atoms with Crippen molar-refractivity contribution >= 4 is 23.5 Å². The van der Waals surface area contributed by atoms with Gasteiger partial charge in [-0.25, -0.2) is 4.79 Å². The van der Waals surface area contributed by atoms with Gasteiger partial charge >= 0.3 is 5.97 Å². The Morgan fingerprint density at radius 3 is 2.23 bits per heavy atom. The van der Waals surface area contributed by atoms with Gasteiger partial charge in [-0.1, -0.05) is 0 Å². The number of ether oxygens (including phenoxy) is 3. The monoisotopic (exact) mass is 431 g/mol. The van der Waals surface area contributed by atoms with Crippen LogP contribution in [0.15, 0.2) is 42.5 Å². The number of nitrogens with one attached hydrogen (secondary N) is 2. The Hall–Kier alpha value is -4.15. The predicted octanol–water partition coefficient (Wildman–Crippen LogP) is 2.01. The molecule has 31 heavy (non-hydrogen) atoms. The molecule has 0 aliphatic carbocycles. The average Bonchev–Trinajstić information content (AvgIpc) is 2.75. The Labute approximate surface area is 177 Å². The molecule has 0 fully saturated rings. The lowest BCUT2D eigenvalue weighted by Crippen LogP contribution is -2.43. The van der Waals surface area contributed by atoms with Gasteiger partial charge in [0.1, 0.15) is 0 Å². The number of hydrogen-bond acceptors (Lipinski definition) is 8. The summed E-state index contributed by atoms with van der Waals surface area (Å²) in [5.74, 6) is -1.45. The molecule has 0 bridgehead atoms. The van der Waals surface area contributed by atoms with Crippen molar-refractivity contribution in [2.75, 3.05) is 13.7 Å². The molecule has 164 valence electrons. The SMILES string of the molecule is COc1cc(C(=O)OCC(=O)NNC(=O)c2ccc([N+](=O)[O-])cc2)ccc1OC(C)C. The molecule has 0 unspecified atom stereocenters. The number of non-ortho nitro benzene ring substituents is 1. The van der Waals surface area contributed by atoms with Crippen LogP contribution in [0, 0.1) is 10.1 Å². The van der Waals surface area contributed by atoms with Crippen LogP contribution in [0.2, 0.25) is 0 Å². The molecule has 2 aromatic rings. The van der Waals surface area contributed by atoms with E-state index >= 15 is 0 Å². The standard InChI is InChI=1S/C20H21N3O8/c1-12(2)31-16-9-6-14(10-17(16)29-3)20(26)30-11-18(24)21-22-19(25)13-4-7-15(8-5-13)23(27)28/h4-10,12H,11H2,1-3H3,(H,21,24)(H,22,25). The zero-order chi connectivity index (χ0) is 23.0. The zero-order valence-electron chi connectivity index (χ0n) is 17.0. The normalized spacial score (nSPS) is 10.2. The molecule has 2 amide bonds. The van der Waals surface area contributed by atoms with Gasteiger partial charge in [-0.2, -0.15) is 0 Å². The van der Waals surface area contributed by atoms with E-state index in [0.29, 0.717) is 11.5 Å². The molecule has 0 saturated heterocycles. The number of hydrazine groups is 1. The van der Waals surface area contributed by atoms with Gasteiger partial charge in [-0.15, -0.1) is 0 Å². The molecular weight excluding hydrogens is 410 g/mol. The second kappa shape index (κ2) is 10.6. The van der Waals surface area contributed by atoms with Gasteiger partial charge in [0.2, 0.25) is 0 Å². The van der Waals surface area contributed by atoms with Crippen molar-refractivity contribution in [3.63, 3.8) is 0 Å². The minimum atomic E-state index is -0.782. The molecule has 0 spiro atoms. The maximum Gasteiger partial charge on any atom is 0.338 e. The minimum Gasteiger partial charge on any atom is -0.493 e. The predicted molar refractivity (Wildman–Crippen MR) is 108 cm³/mol. The van der Waals surface area contributed by atoms with E-state index < -0.39 is 29.3 Å². The van der Waals surface area contributed by atoms with E-state index in [9.17, 15) is 24.5 Å². The summed E-state index contributed by atoms with van der Waals surface area (Å²) in [6.07, 6.45) is -0.0865. The summed E-state index contributed by atoms with van der Waals surface area (Å²) in [7, 11) is 1.43. The number of hydrogen-bond donors (Lipinski definition) is 2. The summed E-state index contributed by atoms with van der Waals surface area (Å²) >= 11 is 0. The van der Waals surface area contributed by atoms with E-state index in [1.165, 1.54) is 31.4 Å². The third kappa shape index (κ3) is 6.70. The van der Waals surface area contributed by atoms with Crippen molar-refractivity contribution in [1.29, 1.82) is 0 Å². The number of rotatable bonds is 8. The highest BCUT2D eigenvalue weighted by atomic mass is 16.6. The third-order valence-electron chi connectivity index (χ3n) is 3.75. The Morgan fingerprint density at radius 1 is 1.00 bits per heavy atom. The van der Waals surface area contributed by atoms with Crippen molar-refractivity contribution in [2.45, 2.75) is 20.0 Å². The van der Waals surface area contributed by atoms with Gasteiger partial charge in [-0.05, 0) is 44.2 Å². The van der Waals surface area contributed by atoms with Crippen LogP contribution >= 0.6 is 0 Å². The third-order valence-corrected chi connectivity index (χ3v) is 3.75. The molecule has 2 aromatic carbocycles. The number of carbonyl (C=O) groups is 3. The van der Waals surface area contributed by atoms with Gasteiger partial charge in [0.05, 0.1) is 23.7 Å². The molecule has 0 aliphatic heterocycles. The quantitative estimate of drug-likeness (QED) is 0.367. The molecular formula is C20H21N3O8. The first-order valence-electron chi connectivity index (χ1n) is 9.06. The van der Waals surface area contributed by atoms with Crippen LogP contribution in [0.3, 0.4) is 0 Å². The molecule has 0 aliphatic rings.